The van der Waals surface area contributed by atoms with E-state index in [9.17, 15) is 9.50 Å². The molecule has 1 aromatic heterocycles. The Bertz CT molecular complexity index is 898. The van der Waals surface area contributed by atoms with Gasteiger partial charge in [-0.15, -0.1) is 0 Å². The van der Waals surface area contributed by atoms with Crippen LogP contribution in [0.2, 0.25) is 0 Å². The van der Waals surface area contributed by atoms with Crippen molar-refractivity contribution in [3.05, 3.63) is 65.1 Å². The number of rotatable bonds is 4. The summed E-state index contributed by atoms with van der Waals surface area (Å²) in [5, 5.41) is 14.5. The SMILES string of the molecule is CNC1CCc2c(c3cc(O)ccc3n2CCc2ccc(F)cc2)C1. The molecule has 0 aliphatic heterocycles. The summed E-state index contributed by atoms with van der Waals surface area (Å²) in [6, 6.07) is 12.9. The van der Waals surface area contributed by atoms with Crippen LogP contribution in [-0.2, 0) is 25.8 Å². The van der Waals surface area contributed by atoms with Crippen molar-refractivity contribution in [1.29, 1.82) is 0 Å². The number of nitrogens with zero attached hydrogens (tertiary/aromatic N) is 1. The summed E-state index contributed by atoms with van der Waals surface area (Å²) >= 11 is 0. The topological polar surface area (TPSA) is 37.2 Å². The number of aromatic hydroxyl groups is 1. The normalized spacial score (nSPS) is 17.0. The zero-order chi connectivity index (χ0) is 17.4. The lowest BCUT2D eigenvalue weighted by molar-refractivity contribution is 0.475. The minimum atomic E-state index is -0.193. The molecule has 25 heavy (non-hydrogen) atoms. The lowest BCUT2D eigenvalue weighted by Gasteiger charge is -2.23. The number of hydrogen-bond donors (Lipinski definition) is 2. The Morgan fingerprint density at radius 1 is 1.20 bits per heavy atom. The van der Waals surface area contributed by atoms with Crippen LogP contribution in [0.3, 0.4) is 0 Å². The fourth-order valence-electron chi connectivity index (χ4n) is 4.03. The highest BCUT2D eigenvalue weighted by Crippen LogP contribution is 2.34. The summed E-state index contributed by atoms with van der Waals surface area (Å²) < 4.78 is 15.5. The van der Waals surface area contributed by atoms with Crippen LogP contribution in [0.5, 0.6) is 5.75 Å². The Morgan fingerprint density at radius 3 is 2.76 bits per heavy atom. The number of benzene rings is 2. The second-order valence-corrected chi connectivity index (χ2v) is 6.88. The van der Waals surface area contributed by atoms with Crippen LogP contribution in [0.4, 0.5) is 4.39 Å². The summed E-state index contributed by atoms with van der Waals surface area (Å²) in [6.07, 6.45) is 4.03. The van der Waals surface area contributed by atoms with Crippen LogP contribution in [0.15, 0.2) is 42.5 Å². The fourth-order valence-corrected chi connectivity index (χ4v) is 4.03. The van der Waals surface area contributed by atoms with E-state index in [2.05, 4.69) is 9.88 Å². The maximum atomic E-state index is 13.1. The van der Waals surface area contributed by atoms with Crippen LogP contribution in [0, 0.1) is 5.82 Å². The maximum absolute atomic E-state index is 13.1. The van der Waals surface area contributed by atoms with Gasteiger partial charge >= 0.3 is 0 Å². The van der Waals surface area contributed by atoms with Gasteiger partial charge in [0.05, 0.1) is 0 Å². The van der Waals surface area contributed by atoms with E-state index in [-0.39, 0.29) is 5.82 Å². The molecule has 0 fully saturated rings. The van der Waals surface area contributed by atoms with E-state index in [1.165, 1.54) is 28.9 Å². The van der Waals surface area contributed by atoms with E-state index in [1.54, 1.807) is 6.07 Å². The highest BCUT2D eigenvalue weighted by atomic mass is 19.1. The summed E-state index contributed by atoms with van der Waals surface area (Å²) in [4.78, 5) is 0. The summed E-state index contributed by atoms with van der Waals surface area (Å²) in [7, 11) is 2.01. The first-order valence-electron chi connectivity index (χ1n) is 8.90. The van der Waals surface area contributed by atoms with Crippen LogP contribution < -0.4 is 5.32 Å². The molecule has 0 amide bonds. The zero-order valence-corrected chi connectivity index (χ0v) is 14.4. The van der Waals surface area contributed by atoms with Gasteiger partial charge in [0.1, 0.15) is 11.6 Å². The molecule has 1 atom stereocenters. The number of aryl methyl sites for hydroxylation is 2. The molecule has 1 heterocycles. The quantitative estimate of drug-likeness (QED) is 0.759. The number of halogens is 1. The van der Waals surface area contributed by atoms with Gasteiger partial charge < -0.3 is 15.0 Å². The number of fused-ring (bicyclic) bond motifs is 3. The van der Waals surface area contributed by atoms with Gasteiger partial charge in [-0.3, -0.25) is 0 Å². The molecule has 1 unspecified atom stereocenters. The molecular formula is C21H23FN2O. The summed E-state index contributed by atoms with van der Waals surface area (Å²) in [5.41, 5.74) is 5.06. The Balaban J connectivity index is 1.71. The van der Waals surface area contributed by atoms with Gasteiger partial charge in [-0.05, 0) is 74.2 Å². The standard InChI is InChI=1S/C21H23FN2O/c1-23-16-6-8-20-18(12-16)19-13-17(25)7-9-21(19)24(20)11-10-14-2-4-15(22)5-3-14/h2-5,7,9,13,16,23,25H,6,8,10-12H2,1H3. The van der Waals surface area contributed by atoms with E-state index in [0.717, 1.165) is 43.2 Å². The summed E-state index contributed by atoms with van der Waals surface area (Å²) in [5.74, 6) is 0.124. The van der Waals surface area contributed by atoms with Crippen molar-refractivity contribution in [3.63, 3.8) is 0 Å². The molecule has 0 saturated carbocycles. The van der Waals surface area contributed by atoms with Crippen molar-refractivity contribution in [2.24, 2.45) is 0 Å². The van der Waals surface area contributed by atoms with Crippen LogP contribution in [0.25, 0.3) is 10.9 Å². The Kier molecular flexibility index (Phi) is 4.22. The molecule has 4 heteroatoms. The average molecular weight is 338 g/mol. The van der Waals surface area contributed by atoms with Gasteiger partial charge in [0.2, 0.25) is 0 Å². The van der Waals surface area contributed by atoms with Crippen LogP contribution >= 0.6 is 0 Å². The van der Waals surface area contributed by atoms with Gasteiger partial charge in [0.25, 0.3) is 0 Å². The molecule has 0 radical (unpaired) electrons. The zero-order valence-electron chi connectivity index (χ0n) is 14.4. The molecule has 0 saturated heterocycles. The number of nitrogens with one attached hydrogen (secondary N) is 1. The first-order valence-corrected chi connectivity index (χ1v) is 8.90. The van der Waals surface area contributed by atoms with E-state index < -0.39 is 0 Å². The van der Waals surface area contributed by atoms with Crippen molar-refractivity contribution in [3.8, 4) is 5.75 Å². The van der Waals surface area contributed by atoms with Gasteiger partial charge in [-0.25, -0.2) is 4.39 Å². The third-order valence-corrected chi connectivity index (χ3v) is 5.40. The van der Waals surface area contributed by atoms with E-state index in [1.807, 2.05) is 31.3 Å². The fraction of sp³-hybridized carbons (Fsp3) is 0.333. The second kappa shape index (κ2) is 6.52. The lowest BCUT2D eigenvalue weighted by atomic mass is 9.91. The van der Waals surface area contributed by atoms with Crippen LogP contribution in [-0.4, -0.2) is 22.8 Å². The van der Waals surface area contributed by atoms with Gasteiger partial charge in [-0.2, -0.15) is 0 Å². The predicted molar refractivity (Wildman–Crippen MR) is 98.6 cm³/mol. The smallest absolute Gasteiger partial charge is 0.123 e. The predicted octanol–water partition coefficient (Wildman–Crippen LogP) is 3.81. The highest BCUT2D eigenvalue weighted by molar-refractivity contribution is 5.87. The molecule has 4 rings (SSSR count). The molecule has 0 spiro atoms. The number of aromatic nitrogens is 1. The minimum absolute atomic E-state index is 0.193. The van der Waals surface area contributed by atoms with Crippen molar-refractivity contribution < 1.29 is 9.50 Å². The highest BCUT2D eigenvalue weighted by Gasteiger charge is 2.24. The Morgan fingerprint density at radius 2 is 2.00 bits per heavy atom. The van der Waals surface area contributed by atoms with Crippen molar-refractivity contribution in [2.75, 3.05) is 7.05 Å². The van der Waals surface area contributed by atoms with E-state index in [4.69, 9.17) is 0 Å². The number of phenols is 1. The molecule has 130 valence electrons. The average Bonchev–Trinajstić information content (AvgIpc) is 2.93. The molecule has 3 aromatic rings. The molecule has 0 bridgehead atoms. The third kappa shape index (κ3) is 3.02. The van der Waals surface area contributed by atoms with E-state index in [0.29, 0.717) is 11.8 Å². The Labute approximate surface area is 147 Å². The molecule has 1 aliphatic carbocycles. The molecule has 1 aliphatic rings. The van der Waals surface area contributed by atoms with E-state index >= 15 is 0 Å². The largest absolute Gasteiger partial charge is 0.508 e. The minimum Gasteiger partial charge on any atom is -0.508 e. The van der Waals surface area contributed by atoms with Crippen molar-refractivity contribution >= 4 is 10.9 Å². The number of hydrogen-bond acceptors (Lipinski definition) is 2. The molecule has 3 nitrogen and oxygen atoms in total. The number of likely N-dealkylation sites (N-methyl/N-ethyl adjacent to an activating group) is 1. The van der Waals surface area contributed by atoms with Gasteiger partial charge in [0, 0.05) is 29.2 Å². The number of phenolic OH excluding ortho intramolecular Hbond substituents is 1. The second-order valence-electron chi connectivity index (χ2n) is 6.88. The van der Waals surface area contributed by atoms with Gasteiger partial charge in [0.15, 0.2) is 0 Å². The van der Waals surface area contributed by atoms with Gasteiger partial charge in [-0.1, -0.05) is 12.1 Å². The van der Waals surface area contributed by atoms with Crippen LogP contribution in [0.1, 0.15) is 23.2 Å². The maximum Gasteiger partial charge on any atom is 0.123 e. The molecule has 2 aromatic carbocycles. The third-order valence-electron chi connectivity index (χ3n) is 5.40. The monoisotopic (exact) mass is 338 g/mol. The van der Waals surface area contributed by atoms with Crippen molar-refractivity contribution in [2.45, 2.75) is 38.3 Å². The van der Waals surface area contributed by atoms with Crippen molar-refractivity contribution in [1.82, 2.24) is 9.88 Å². The lowest BCUT2D eigenvalue weighted by Crippen LogP contribution is -2.31. The summed E-state index contributed by atoms with van der Waals surface area (Å²) in [6.45, 7) is 0.868. The molecule has 2 N–H and O–H groups in total. The first kappa shape index (κ1) is 16.2. The first-order chi connectivity index (χ1) is 12.2. The molecular weight excluding hydrogens is 315 g/mol. The Hall–Kier alpha value is -2.33.